The van der Waals surface area contributed by atoms with E-state index in [4.69, 9.17) is 21.3 Å². The minimum Gasteiger partial charge on any atom is -0.372 e. The number of hydrogen-bond acceptors (Lipinski definition) is 6. The SMILES string of the molecule is CCOCC(=O)NC1CN(c2cnc(-c3ccc(C(F)(F)F)cc3)c(-c3ccncc3Cl)n2)C1. The molecule has 1 amide bonds. The van der Waals surface area contributed by atoms with E-state index in [1.807, 2.05) is 11.8 Å². The molecule has 7 nitrogen and oxygen atoms in total. The van der Waals surface area contributed by atoms with Crippen LogP contribution in [0.1, 0.15) is 12.5 Å². The van der Waals surface area contributed by atoms with Crippen LogP contribution in [0.15, 0.2) is 48.9 Å². The van der Waals surface area contributed by atoms with Gasteiger partial charge in [0, 0.05) is 43.2 Å². The van der Waals surface area contributed by atoms with Gasteiger partial charge in [-0.05, 0) is 25.1 Å². The smallest absolute Gasteiger partial charge is 0.372 e. The number of nitrogens with zero attached hydrogens (tertiary/aromatic N) is 4. The molecule has 178 valence electrons. The number of aromatic nitrogens is 3. The second-order valence-corrected chi connectivity index (χ2v) is 8.07. The third kappa shape index (κ3) is 5.28. The molecule has 0 atom stereocenters. The Balaban J connectivity index is 1.61. The summed E-state index contributed by atoms with van der Waals surface area (Å²) in [6.45, 7) is 3.37. The van der Waals surface area contributed by atoms with Gasteiger partial charge in [-0.3, -0.25) is 14.8 Å². The van der Waals surface area contributed by atoms with Gasteiger partial charge in [0.1, 0.15) is 18.1 Å². The van der Waals surface area contributed by atoms with E-state index in [9.17, 15) is 18.0 Å². The van der Waals surface area contributed by atoms with E-state index in [2.05, 4.69) is 15.3 Å². The molecule has 34 heavy (non-hydrogen) atoms. The average molecular weight is 492 g/mol. The Morgan fingerprint density at radius 1 is 1.18 bits per heavy atom. The summed E-state index contributed by atoms with van der Waals surface area (Å²) in [5, 5.41) is 3.23. The number of benzene rings is 1. The summed E-state index contributed by atoms with van der Waals surface area (Å²) in [5.74, 6) is 0.383. The van der Waals surface area contributed by atoms with Gasteiger partial charge in [-0.2, -0.15) is 13.2 Å². The van der Waals surface area contributed by atoms with E-state index in [0.717, 1.165) is 12.1 Å². The van der Waals surface area contributed by atoms with Gasteiger partial charge in [0.15, 0.2) is 0 Å². The van der Waals surface area contributed by atoms with Crippen molar-refractivity contribution in [1.29, 1.82) is 0 Å². The van der Waals surface area contributed by atoms with Crippen LogP contribution >= 0.6 is 11.6 Å². The van der Waals surface area contributed by atoms with Crippen LogP contribution in [0.3, 0.4) is 0 Å². The second kappa shape index (κ2) is 9.94. The molecule has 1 aliphatic heterocycles. The summed E-state index contributed by atoms with van der Waals surface area (Å²) in [6.07, 6.45) is 0.149. The highest BCUT2D eigenvalue weighted by atomic mass is 35.5. The van der Waals surface area contributed by atoms with Crippen LogP contribution in [-0.2, 0) is 15.7 Å². The Hall–Kier alpha value is -3.24. The topological polar surface area (TPSA) is 80.2 Å². The van der Waals surface area contributed by atoms with Crippen LogP contribution in [0.5, 0.6) is 0 Å². The third-order valence-corrected chi connectivity index (χ3v) is 5.58. The maximum Gasteiger partial charge on any atom is 0.416 e. The van der Waals surface area contributed by atoms with E-state index in [1.54, 1.807) is 18.5 Å². The molecule has 3 heterocycles. The lowest BCUT2D eigenvalue weighted by Crippen LogP contribution is -2.60. The van der Waals surface area contributed by atoms with Crippen molar-refractivity contribution < 1.29 is 22.7 Å². The van der Waals surface area contributed by atoms with Gasteiger partial charge in [-0.1, -0.05) is 23.7 Å². The van der Waals surface area contributed by atoms with Crippen molar-refractivity contribution in [3.05, 3.63) is 59.5 Å². The van der Waals surface area contributed by atoms with Crippen LogP contribution in [0.4, 0.5) is 19.0 Å². The van der Waals surface area contributed by atoms with E-state index in [1.165, 1.54) is 18.3 Å². The van der Waals surface area contributed by atoms with Crippen molar-refractivity contribution in [2.24, 2.45) is 0 Å². The lowest BCUT2D eigenvalue weighted by molar-refractivity contribution is -0.137. The summed E-state index contributed by atoms with van der Waals surface area (Å²) in [6, 6.07) is 6.37. The number of rotatable bonds is 7. The van der Waals surface area contributed by atoms with Crippen molar-refractivity contribution in [1.82, 2.24) is 20.3 Å². The number of halogens is 4. The van der Waals surface area contributed by atoms with Gasteiger partial charge in [0.05, 0.1) is 28.5 Å². The molecule has 4 rings (SSSR count). The van der Waals surface area contributed by atoms with Gasteiger partial charge in [-0.15, -0.1) is 0 Å². The Kier molecular flexibility index (Phi) is 6.99. The molecule has 2 aromatic heterocycles. The maximum atomic E-state index is 13.0. The summed E-state index contributed by atoms with van der Waals surface area (Å²) in [5.41, 5.74) is 1.10. The molecular weight excluding hydrogens is 471 g/mol. The van der Waals surface area contributed by atoms with E-state index < -0.39 is 11.7 Å². The fourth-order valence-electron chi connectivity index (χ4n) is 3.54. The number of amides is 1. The predicted octanol–water partition coefficient (Wildman–Crippen LogP) is 4.22. The zero-order chi connectivity index (χ0) is 24.3. The molecule has 0 saturated carbocycles. The molecule has 1 aromatic carbocycles. The number of nitrogens with one attached hydrogen (secondary N) is 1. The first-order valence-corrected chi connectivity index (χ1v) is 10.9. The fourth-order valence-corrected chi connectivity index (χ4v) is 3.75. The third-order valence-electron chi connectivity index (χ3n) is 5.28. The Bertz CT molecular complexity index is 1170. The van der Waals surface area contributed by atoms with E-state index in [-0.39, 0.29) is 18.6 Å². The van der Waals surface area contributed by atoms with Gasteiger partial charge in [0.2, 0.25) is 5.91 Å². The molecule has 1 fully saturated rings. The zero-order valence-corrected chi connectivity index (χ0v) is 18.9. The normalized spacial score (nSPS) is 14.1. The van der Waals surface area contributed by atoms with E-state index >= 15 is 0 Å². The Labute approximate surface area is 199 Å². The van der Waals surface area contributed by atoms with Crippen LogP contribution in [-0.4, -0.2) is 53.2 Å². The lowest BCUT2D eigenvalue weighted by Gasteiger charge is -2.40. The highest BCUT2D eigenvalue weighted by Crippen LogP contribution is 2.36. The molecule has 11 heteroatoms. The maximum absolute atomic E-state index is 13.0. The zero-order valence-electron chi connectivity index (χ0n) is 18.1. The van der Waals surface area contributed by atoms with Crippen LogP contribution in [0, 0.1) is 0 Å². The molecule has 0 spiro atoms. The highest BCUT2D eigenvalue weighted by molar-refractivity contribution is 6.33. The fraction of sp³-hybridized carbons (Fsp3) is 0.304. The van der Waals surface area contributed by atoms with Crippen molar-refractivity contribution in [3.63, 3.8) is 0 Å². The molecule has 1 aliphatic rings. The molecule has 0 radical (unpaired) electrons. The minimum absolute atomic E-state index is 0.0132. The number of alkyl halides is 3. The lowest BCUT2D eigenvalue weighted by atomic mass is 10.0. The quantitative estimate of drug-likeness (QED) is 0.533. The largest absolute Gasteiger partial charge is 0.416 e. The van der Waals surface area contributed by atoms with Gasteiger partial charge in [0.25, 0.3) is 0 Å². The summed E-state index contributed by atoms with van der Waals surface area (Å²) >= 11 is 6.35. The molecule has 3 aromatic rings. The standard InChI is InChI=1S/C23H21ClF3N5O2/c1-2-34-13-20(33)30-16-11-32(12-16)19-10-29-21(14-3-5-15(6-4-14)23(25,26)27)22(31-19)17-7-8-28-9-18(17)24/h3-10,16H,2,11-13H2,1H3,(H,30,33). The Morgan fingerprint density at radius 2 is 1.91 bits per heavy atom. The van der Waals surface area contributed by atoms with Crippen molar-refractivity contribution in [2.75, 3.05) is 31.2 Å². The summed E-state index contributed by atoms with van der Waals surface area (Å²) < 4.78 is 44.1. The van der Waals surface area contributed by atoms with Gasteiger partial charge < -0.3 is 15.0 Å². The second-order valence-electron chi connectivity index (χ2n) is 7.66. The van der Waals surface area contributed by atoms with Crippen LogP contribution < -0.4 is 10.2 Å². The number of hydrogen-bond donors (Lipinski definition) is 1. The highest BCUT2D eigenvalue weighted by Gasteiger charge is 2.31. The summed E-state index contributed by atoms with van der Waals surface area (Å²) in [4.78, 5) is 27.0. The molecule has 0 bridgehead atoms. The first kappa shape index (κ1) is 23.9. The number of ether oxygens (including phenoxy) is 1. The molecule has 0 unspecified atom stereocenters. The van der Waals surface area contributed by atoms with Crippen LogP contribution in [0.2, 0.25) is 5.02 Å². The molecule has 1 N–H and O–H groups in total. The molecule has 1 saturated heterocycles. The monoisotopic (exact) mass is 491 g/mol. The first-order valence-electron chi connectivity index (χ1n) is 10.5. The number of carbonyl (C=O) groups is 1. The number of anilines is 1. The van der Waals surface area contributed by atoms with Crippen molar-refractivity contribution >= 4 is 23.3 Å². The van der Waals surface area contributed by atoms with Crippen LogP contribution in [0.25, 0.3) is 22.5 Å². The molecule has 0 aliphatic carbocycles. The van der Waals surface area contributed by atoms with Gasteiger partial charge >= 0.3 is 6.18 Å². The van der Waals surface area contributed by atoms with Crippen molar-refractivity contribution in [2.45, 2.75) is 19.1 Å². The minimum atomic E-state index is -4.43. The summed E-state index contributed by atoms with van der Waals surface area (Å²) in [7, 11) is 0. The van der Waals surface area contributed by atoms with E-state index in [0.29, 0.717) is 53.1 Å². The predicted molar refractivity (Wildman–Crippen MR) is 121 cm³/mol. The van der Waals surface area contributed by atoms with Crippen molar-refractivity contribution in [3.8, 4) is 22.5 Å². The number of carbonyl (C=O) groups excluding carboxylic acids is 1. The average Bonchev–Trinajstić information content (AvgIpc) is 2.79. The number of pyridine rings is 1. The first-order chi connectivity index (χ1) is 16.3. The van der Waals surface area contributed by atoms with Gasteiger partial charge in [-0.25, -0.2) is 4.98 Å². The Morgan fingerprint density at radius 3 is 2.56 bits per heavy atom. The molecular formula is C23H21ClF3N5O2.